The SMILES string of the molecule is CC(C)(CF)C(OC(N)=O)OC(N)=O. The molecule has 7 heteroatoms. The molecule has 0 aliphatic rings. The van der Waals surface area contributed by atoms with Crippen LogP contribution in [0.2, 0.25) is 0 Å². The molecule has 0 unspecified atom stereocenters. The molecule has 14 heavy (non-hydrogen) atoms. The summed E-state index contributed by atoms with van der Waals surface area (Å²) in [5.74, 6) is 0. The van der Waals surface area contributed by atoms with Crippen LogP contribution in [-0.2, 0) is 9.47 Å². The van der Waals surface area contributed by atoms with Gasteiger partial charge in [-0.25, -0.2) is 9.59 Å². The van der Waals surface area contributed by atoms with E-state index in [1.54, 1.807) is 0 Å². The van der Waals surface area contributed by atoms with Gasteiger partial charge in [0.25, 0.3) is 6.29 Å². The summed E-state index contributed by atoms with van der Waals surface area (Å²) >= 11 is 0. The summed E-state index contributed by atoms with van der Waals surface area (Å²) in [5, 5.41) is 0. The Hall–Kier alpha value is -1.53. The molecular formula is C7H13FN2O4. The number of carbonyl (C=O) groups is 2. The Morgan fingerprint density at radius 1 is 1.29 bits per heavy atom. The van der Waals surface area contributed by atoms with Gasteiger partial charge < -0.3 is 20.9 Å². The van der Waals surface area contributed by atoms with E-state index in [2.05, 4.69) is 9.47 Å². The first-order valence-corrected chi connectivity index (χ1v) is 3.77. The first kappa shape index (κ1) is 12.5. The van der Waals surface area contributed by atoms with Crippen molar-refractivity contribution in [1.82, 2.24) is 0 Å². The molecule has 0 aliphatic carbocycles. The number of nitrogens with two attached hydrogens (primary N) is 2. The quantitative estimate of drug-likeness (QED) is 0.656. The number of hydrogen-bond acceptors (Lipinski definition) is 4. The zero-order valence-electron chi connectivity index (χ0n) is 7.95. The molecule has 0 spiro atoms. The fourth-order valence-corrected chi connectivity index (χ4v) is 0.617. The molecule has 0 bridgehead atoms. The maximum Gasteiger partial charge on any atom is 0.407 e. The van der Waals surface area contributed by atoms with E-state index in [4.69, 9.17) is 11.5 Å². The second kappa shape index (κ2) is 4.64. The minimum absolute atomic E-state index is 0.863. The van der Waals surface area contributed by atoms with E-state index in [0.29, 0.717) is 0 Å². The van der Waals surface area contributed by atoms with Crippen LogP contribution in [0.5, 0.6) is 0 Å². The molecule has 0 heterocycles. The van der Waals surface area contributed by atoms with E-state index in [1.165, 1.54) is 13.8 Å². The summed E-state index contributed by atoms with van der Waals surface area (Å²) in [6.07, 6.45) is -3.77. The lowest BCUT2D eigenvalue weighted by molar-refractivity contribution is -0.129. The molecule has 0 atom stereocenters. The van der Waals surface area contributed by atoms with Gasteiger partial charge in [-0.15, -0.1) is 0 Å². The standard InChI is InChI=1S/C7H13FN2O4/c1-7(2,3-8)4(13-5(9)11)14-6(10)12/h4H,3H2,1-2H3,(H2,9,11)(H2,10,12). The maximum absolute atomic E-state index is 12.5. The van der Waals surface area contributed by atoms with Gasteiger partial charge in [0.2, 0.25) is 0 Å². The summed E-state index contributed by atoms with van der Waals surface area (Å²) in [6, 6.07) is 0. The molecule has 0 fully saturated rings. The smallest absolute Gasteiger partial charge is 0.407 e. The Bertz CT molecular complexity index is 216. The Morgan fingerprint density at radius 3 is 1.86 bits per heavy atom. The topological polar surface area (TPSA) is 105 Å². The third kappa shape index (κ3) is 3.92. The average molecular weight is 208 g/mol. The van der Waals surface area contributed by atoms with Crippen LogP contribution < -0.4 is 11.5 Å². The van der Waals surface area contributed by atoms with Gasteiger partial charge >= 0.3 is 12.2 Å². The van der Waals surface area contributed by atoms with Crippen LogP contribution in [0.4, 0.5) is 14.0 Å². The van der Waals surface area contributed by atoms with Gasteiger partial charge in [0, 0.05) is 0 Å². The van der Waals surface area contributed by atoms with Crippen molar-refractivity contribution < 1.29 is 23.5 Å². The Labute approximate surface area is 80.3 Å². The number of primary amides is 2. The van der Waals surface area contributed by atoms with Crippen LogP contribution in [0, 0.1) is 5.41 Å². The van der Waals surface area contributed by atoms with Crippen LogP contribution >= 0.6 is 0 Å². The fourth-order valence-electron chi connectivity index (χ4n) is 0.617. The van der Waals surface area contributed by atoms with Crippen molar-refractivity contribution in [2.24, 2.45) is 16.9 Å². The molecule has 0 rings (SSSR count). The van der Waals surface area contributed by atoms with Gasteiger partial charge in [-0.2, -0.15) is 0 Å². The maximum atomic E-state index is 12.5. The number of rotatable bonds is 4. The second-order valence-electron chi connectivity index (χ2n) is 3.33. The van der Waals surface area contributed by atoms with Crippen molar-refractivity contribution in [2.45, 2.75) is 20.1 Å². The molecule has 4 N–H and O–H groups in total. The molecule has 6 nitrogen and oxygen atoms in total. The number of halogens is 1. The van der Waals surface area contributed by atoms with Gasteiger partial charge in [0.15, 0.2) is 0 Å². The molecule has 0 aromatic carbocycles. The minimum Gasteiger partial charge on any atom is -0.408 e. The van der Waals surface area contributed by atoms with Gasteiger partial charge in [0.1, 0.15) is 6.67 Å². The molecule has 0 aromatic heterocycles. The van der Waals surface area contributed by atoms with Crippen LogP contribution in [0.3, 0.4) is 0 Å². The number of carbonyl (C=O) groups excluding carboxylic acids is 2. The van der Waals surface area contributed by atoms with Crippen molar-refractivity contribution in [3.05, 3.63) is 0 Å². The summed E-state index contributed by atoms with van der Waals surface area (Å²) < 4.78 is 21.2. The van der Waals surface area contributed by atoms with Crippen molar-refractivity contribution in [2.75, 3.05) is 6.67 Å². The Balaban J connectivity index is 4.53. The second-order valence-corrected chi connectivity index (χ2v) is 3.33. The number of alkyl halides is 1. The van der Waals surface area contributed by atoms with Crippen molar-refractivity contribution in [1.29, 1.82) is 0 Å². The van der Waals surface area contributed by atoms with Crippen LogP contribution in [0.25, 0.3) is 0 Å². The lowest BCUT2D eigenvalue weighted by atomic mass is 9.95. The highest BCUT2D eigenvalue weighted by atomic mass is 19.1. The molecule has 0 saturated carbocycles. The summed E-state index contributed by atoms with van der Waals surface area (Å²) in [5.41, 5.74) is 8.22. The molecule has 0 aromatic rings. The largest absolute Gasteiger partial charge is 0.408 e. The summed E-state index contributed by atoms with van der Waals surface area (Å²) in [6.45, 7) is 1.92. The molecular weight excluding hydrogens is 195 g/mol. The first-order chi connectivity index (χ1) is 6.29. The predicted octanol–water partition coefficient (Wildman–Crippen LogP) is 0.499. The van der Waals surface area contributed by atoms with Crippen LogP contribution in [0.15, 0.2) is 0 Å². The van der Waals surface area contributed by atoms with Gasteiger partial charge in [-0.1, -0.05) is 13.8 Å². The van der Waals surface area contributed by atoms with Crippen molar-refractivity contribution >= 4 is 12.2 Å². The third-order valence-corrected chi connectivity index (χ3v) is 1.43. The number of hydrogen-bond donors (Lipinski definition) is 2. The molecule has 2 amide bonds. The highest BCUT2D eigenvalue weighted by Crippen LogP contribution is 2.24. The minimum atomic E-state index is -1.43. The van der Waals surface area contributed by atoms with Gasteiger partial charge in [0.05, 0.1) is 5.41 Å². The normalized spacial score (nSPS) is 11.1. The van der Waals surface area contributed by atoms with E-state index in [-0.39, 0.29) is 0 Å². The lowest BCUT2D eigenvalue weighted by Gasteiger charge is -2.28. The zero-order valence-corrected chi connectivity index (χ0v) is 7.95. The fraction of sp³-hybridized carbons (Fsp3) is 0.714. The lowest BCUT2D eigenvalue weighted by Crippen LogP contribution is -2.41. The van der Waals surface area contributed by atoms with Crippen LogP contribution in [-0.4, -0.2) is 25.2 Å². The van der Waals surface area contributed by atoms with E-state index < -0.39 is 30.6 Å². The van der Waals surface area contributed by atoms with Crippen molar-refractivity contribution in [3.8, 4) is 0 Å². The van der Waals surface area contributed by atoms with Gasteiger partial charge in [-0.05, 0) is 0 Å². The van der Waals surface area contributed by atoms with E-state index >= 15 is 0 Å². The third-order valence-electron chi connectivity index (χ3n) is 1.43. The zero-order chi connectivity index (χ0) is 11.4. The molecule has 0 saturated heterocycles. The van der Waals surface area contributed by atoms with Crippen molar-refractivity contribution in [3.63, 3.8) is 0 Å². The highest BCUT2D eigenvalue weighted by Gasteiger charge is 2.35. The number of ether oxygens (including phenoxy) is 2. The molecule has 0 radical (unpaired) electrons. The number of amides is 2. The predicted molar refractivity (Wildman–Crippen MR) is 44.9 cm³/mol. The summed E-state index contributed by atoms with van der Waals surface area (Å²) in [7, 11) is 0. The monoisotopic (exact) mass is 208 g/mol. The van der Waals surface area contributed by atoms with Crippen LogP contribution in [0.1, 0.15) is 13.8 Å². The average Bonchev–Trinajstić information content (AvgIpc) is 2.01. The van der Waals surface area contributed by atoms with E-state index in [1.807, 2.05) is 0 Å². The summed E-state index contributed by atoms with van der Waals surface area (Å²) in [4.78, 5) is 20.8. The van der Waals surface area contributed by atoms with E-state index in [9.17, 15) is 14.0 Å². The molecule has 0 aliphatic heterocycles. The Kier molecular flexibility index (Phi) is 4.13. The first-order valence-electron chi connectivity index (χ1n) is 3.77. The van der Waals surface area contributed by atoms with Gasteiger partial charge in [-0.3, -0.25) is 4.39 Å². The molecule has 82 valence electrons. The highest BCUT2D eigenvalue weighted by molar-refractivity contribution is 5.67. The van der Waals surface area contributed by atoms with E-state index in [0.717, 1.165) is 0 Å². The Morgan fingerprint density at radius 2 is 1.64 bits per heavy atom.